The third kappa shape index (κ3) is 4.27. The van der Waals surface area contributed by atoms with Crippen LogP contribution in [0, 0.1) is 0 Å². The third-order valence-corrected chi connectivity index (χ3v) is 2.72. The van der Waals surface area contributed by atoms with Crippen molar-refractivity contribution in [2.75, 3.05) is 0 Å². The average molecular weight is 243 g/mol. The second kappa shape index (κ2) is 5.81. The number of thiazole rings is 1. The van der Waals surface area contributed by atoms with Crippen molar-refractivity contribution in [3.63, 3.8) is 0 Å². The van der Waals surface area contributed by atoms with Gasteiger partial charge in [0.15, 0.2) is 0 Å². The fourth-order valence-electron chi connectivity index (χ4n) is 0.745. The molecule has 2 nitrogen and oxygen atoms in total. The van der Waals surface area contributed by atoms with Gasteiger partial charge < -0.3 is 5.73 Å². The second-order valence-corrected chi connectivity index (χ2v) is 4.46. The highest BCUT2D eigenvalue weighted by molar-refractivity contribution is 7.09. The molecule has 0 aromatic carbocycles. The van der Waals surface area contributed by atoms with Crippen LogP contribution in [0.1, 0.15) is 31.5 Å². The smallest absolute Gasteiger partial charge is 0.0982 e. The van der Waals surface area contributed by atoms with Gasteiger partial charge >= 0.3 is 0 Å². The molecule has 0 atom stereocenters. The van der Waals surface area contributed by atoms with E-state index in [1.54, 1.807) is 11.3 Å². The molecule has 0 radical (unpaired) electrons. The van der Waals surface area contributed by atoms with Crippen molar-refractivity contribution in [2.45, 2.75) is 32.7 Å². The molecule has 0 spiro atoms. The number of nitrogens with two attached hydrogens (primary N) is 1. The first-order valence-electron chi connectivity index (χ1n) is 3.69. The highest BCUT2D eigenvalue weighted by Gasteiger charge is 2.17. The molecule has 0 saturated heterocycles. The molecule has 78 valence electrons. The largest absolute Gasteiger partial charge is 0.325 e. The van der Waals surface area contributed by atoms with Gasteiger partial charge in [-0.2, -0.15) is 0 Å². The molecule has 0 aliphatic rings. The Morgan fingerprint density at radius 1 is 1.38 bits per heavy atom. The number of hydrogen-bond donors (Lipinski definition) is 1. The van der Waals surface area contributed by atoms with E-state index in [0.717, 1.165) is 10.7 Å². The molecule has 5 heteroatoms. The Morgan fingerprint density at radius 2 is 1.92 bits per heavy atom. The Morgan fingerprint density at radius 3 is 2.15 bits per heavy atom. The zero-order valence-corrected chi connectivity index (χ0v) is 10.5. The first-order chi connectivity index (χ1) is 5.04. The van der Waals surface area contributed by atoms with E-state index in [1.807, 2.05) is 5.38 Å². The summed E-state index contributed by atoms with van der Waals surface area (Å²) in [7, 11) is 0. The van der Waals surface area contributed by atoms with Crippen LogP contribution in [0.3, 0.4) is 0 Å². The van der Waals surface area contributed by atoms with Crippen molar-refractivity contribution in [1.29, 1.82) is 0 Å². The van der Waals surface area contributed by atoms with Gasteiger partial charge in [0.2, 0.25) is 0 Å². The van der Waals surface area contributed by atoms with Crippen molar-refractivity contribution in [3.05, 3.63) is 16.1 Å². The first-order valence-corrected chi connectivity index (χ1v) is 4.57. The summed E-state index contributed by atoms with van der Waals surface area (Å²) in [5.41, 5.74) is 6.62. The summed E-state index contributed by atoms with van der Waals surface area (Å²) >= 11 is 1.69. The summed E-state index contributed by atoms with van der Waals surface area (Å²) in [6.45, 7) is 7.02. The first kappa shape index (κ1) is 15.6. The Bertz CT molecular complexity index is 243. The topological polar surface area (TPSA) is 38.9 Å². The molecule has 1 rings (SSSR count). The Kier molecular flexibility index (Phi) is 6.98. The minimum absolute atomic E-state index is 0. The van der Waals surface area contributed by atoms with Crippen LogP contribution in [0.5, 0.6) is 0 Å². The van der Waals surface area contributed by atoms with Gasteiger partial charge in [-0.05, 0) is 0 Å². The Balaban J connectivity index is 0. The molecule has 0 saturated carbocycles. The van der Waals surface area contributed by atoms with Crippen LogP contribution in [0.25, 0.3) is 0 Å². The molecule has 0 aliphatic heterocycles. The van der Waals surface area contributed by atoms with E-state index in [0.29, 0.717) is 6.54 Å². The van der Waals surface area contributed by atoms with Crippen LogP contribution in [-0.2, 0) is 12.0 Å². The molecule has 1 aromatic rings. The molecular formula is C8H16Cl2N2S. The van der Waals surface area contributed by atoms with E-state index in [1.165, 1.54) is 0 Å². The zero-order chi connectivity index (χ0) is 8.48. The van der Waals surface area contributed by atoms with Gasteiger partial charge in [0, 0.05) is 17.3 Å². The lowest BCUT2D eigenvalue weighted by atomic mass is 9.98. The summed E-state index contributed by atoms with van der Waals surface area (Å²) in [6.07, 6.45) is 0. The fourth-order valence-corrected chi connectivity index (χ4v) is 1.67. The van der Waals surface area contributed by atoms with Gasteiger partial charge in [-0.3, -0.25) is 0 Å². The van der Waals surface area contributed by atoms with E-state index in [4.69, 9.17) is 5.73 Å². The maximum Gasteiger partial charge on any atom is 0.0982 e. The average Bonchev–Trinajstić information content (AvgIpc) is 2.32. The van der Waals surface area contributed by atoms with E-state index >= 15 is 0 Å². The maximum atomic E-state index is 5.45. The van der Waals surface area contributed by atoms with E-state index < -0.39 is 0 Å². The van der Waals surface area contributed by atoms with Gasteiger partial charge in [0.1, 0.15) is 0 Å². The van der Waals surface area contributed by atoms with Gasteiger partial charge in [-0.25, -0.2) is 4.98 Å². The molecule has 2 N–H and O–H groups in total. The number of nitrogens with zero attached hydrogens (tertiary/aromatic N) is 1. The van der Waals surface area contributed by atoms with Crippen molar-refractivity contribution in [2.24, 2.45) is 5.73 Å². The van der Waals surface area contributed by atoms with Crippen molar-refractivity contribution in [3.8, 4) is 0 Å². The van der Waals surface area contributed by atoms with Crippen LogP contribution < -0.4 is 5.73 Å². The lowest BCUT2D eigenvalue weighted by Crippen LogP contribution is -2.10. The third-order valence-electron chi connectivity index (χ3n) is 1.40. The van der Waals surface area contributed by atoms with E-state index in [-0.39, 0.29) is 30.2 Å². The summed E-state index contributed by atoms with van der Waals surface area (Å²) in [5, 5.41) is 3.19. The minimum atomic E-state index is 0. The predicted molar refractivity (Wildman–Crippen MR) is 63.2 cm³/mol. The quantitative estimate of drug-likeness (QED) is 0.823. The highest BCUT2D eigenvalue weighted by atomic mass is 35.5. The lowest BCUT2D eigenvalue weighted by Gasteiger charge is -2.13. The Hall–Kier alpha value is 0.170. The molecule has 0 fully saturated rings. The maximum absolute atomic E-state index is 5.45. The second-order valence-electron chi connectivity index (χ2n) is 3.60. The van der Waals surface area contributed by atoms with Crippen LogP contribution >= 0.6 is 36.2 Å². The molecule has 1 heterocycles. The van der Waals surface area contributed by atoms with Gasteiger partial charge in [-0.1, -0.05) is 20.8 Å². The molecule has 0 aliphatic carbocycles. The number of hydrogen-bond acceptors (Lipinski definition) is 3. The molecule has 13 heavy (non-hydrogen) atoms. The molecule has 0 amide bonds. The summed E-state index contributed by atoms with van der Waals surface area (Å²) in [4.78, 5) is 4.39. The monoisotopic (exact) mass is 242 g/mol. The van der Waals surface area contributed by atoms with Crippen LogP contribution in [0.15, 0.2) is 5.38 Å². The molecule has 0 unspecified atom stereocenters. The predicted octanol–water partition coefficient (Wildman–Crippen LogP) is 2.74. The number of aromatic nitrogens is 1. The molecule has 1 aromatic heterocycles. The number of rotatable bonds is 1. The number of halogens is 2. The minimum Gasteiger partial charge on any atom is -0.325 e. The molecular weight excluding hydrogens is 227 g/mol. The van der Waals surface area contributed by atoms with E-state index in [9.17, 15) is 0 Å². The van der Waals surface area contributed by atoms with Crippen LogP contribution in [0.4, 0.5) is 0 Å². The van der Waals surface area contributed by atoms with Crippen LogP contribution in [-0.4, -0.2) is 4.98 Å². The van der Waals surface area contributed by atoms with E-state index in [2.05, 4.69) is 25.8 Å². The summed E-state index contributed by atoms with van der Waals surface area (Å²) < 4.78 is 0. The normalized spacial score (nSPS) is 10.2. The SMILES string of the molecule is CC(C)(C)c1nc(CN)cs1.Cl.Cl. The standard InChI is InChI=1S/C8H14N2S.2ClH/c1-8(2,3)7-10-6(4-9)5-11-7;;/h5H,4,9H2,1-3H3;2*1H. The summed E-state index contributed by atoms with van der Waals surface area (Å²) in [5.74, 6) is 0. The lowest BCUT2D eigenvalue weighted by molar-refractivity contribution is 0.583. The van der Waals surface area contributed by atoms with Gasteiger partial charge in [-0.15, -0.1) is 36.2 Å². The van der Waals surface area contributed by atoms with Crippen LogP contribution in [0.2, 0.25) is 0 Å². The van der Waals surface area contributed by atoms with Crippen molar-refractivity contribution in [1.82, 2.24) is 4.98 Å². The zero-order valence-electron chi connectivity index (χ0n) is 8.03. The summed E-state index contributed by atoms with van der Waals surface area (Å²) in [6, 6.07) is 0. The fraction of sp³-hybridized carbons (Fsp3) is 0.625. The van der Waals surface area contributed by atoms with Crippen molar-refractivity contribution < 1.29 is 0 Å². The van der Waals surface area contributed by atoms with Gasteiger partial charge in [0.05, 0.1) is 10.7 Å². The Labute approximate surface area is 95.8 Å². The highest BCUT2D eigenvalue weighted by Crippen LogP contribution is 2.25. The van der Waals surface area contributed by atoms with Crippen molar-refractivity contribution >= 4 is 36.2 Å². The molecule has 0 bridgehead atoms. The van der Waals surface area contributed by atoms with Gasteiger partial charge in [0.25, 0.3) is 0 Å².